The maximum Gasteiger partial charge on any atom is 0.223 e. The molecule has 0 bridgehead atoms. The molecule has 2 heterocycles. The summed E-state index contributed by atoms with van der Waals surface area (Å²) in [5.41, 5.74) is 3.13. The maximum atomic E-state index is 11.7. The Morgan fingerprint density at radius 2 is 1.94 bits per heavy atom. The number of rotatable bonds is 8. The summed E-state index contributed by atoms with van der Waals surface area (Å²) in [6.45, 7) is 9.42. The third-order valence-electron chi connectivity index (χ3n) is 6.36. The second-order valence-electron chi connectivity index (χ2n) is 8.51. The Hall–Kier alpha value is -2.77. The fraction of sp³-hybridized carbons (Fsp3) is 0.423. The molecule has 1 fully saturated rings. The van der Waals surface area contributed by atoms with Crippen LogP contribution in [0.4, 0.5) is 11.4 Å². The monoisotopic (exact) mass is 467 g/mol. The third-order valence-corrected chi connectivity index (χ3v) is 7.24. The molecule has 1 aliphatic heterocycles. The van der Waals surface area contributed by atoms with E-state index in [4.69, 9.17) is 9.47 Å². The Bertz CT molecular complexity index is 1110. The molecule has 33 heavy (non-hydrogen) atoms. The number of ether oxygens (including phenoxy) is 2. The number of thiophene rings is 1. The molecule has 0 spiro atoms. The first-order chi connectivity index (χ1) is 16.0. The number of carbonyl (C=O) groups is 1. The van der Waals surface area contributed by atoms with Gasteiger partial charge >= 0.3 is 0 Å². The van der Waals surface area contributed by atoms with Crippen molar-refractivity contribution in [1.82, 2.24) is 4.90 Å². The van der Waals surface area contributed by atoms with E-state index < -0.39 is 0 Å². The number of anilines is 2. The van der Waals surface area contributed by atoms with Crippen LogP contribution < -0.4 is 19.3 Å². The van der Waals surface area contributed by atoms with Gasteiger partial charge in [-0.3, -0.25) is 9.69 Å². The van der Waals surface area contributed by atoms with Crippen molar-refractivity contribution in [3.8, 4) is 11.5 Å². The lowest BCUT2D eigenvalue weighted by Crippen LogP contribution is -2.46. The van der Waals surface area contributed by atoms with Crippen LogP contribution in [0.15, 0.2) is 41.8 Å². The standard InChI is InChI=1S/C26H33N3O3S/c1-19-17-21(27(3)20(2)30)18-24(31-4)26(19)32-15-6-10-28-11-13-29(14-12-28)23-7-5-8-25-22(23)9-16-33-25/h5,7-9,16-18H,6,10-15H2,1-4H3. The van der Waals surface area contributed by atoms with Crippen LogP contribution in [-0.4, -0.2) is 64.3 Å². The van der Waals surface area contributed by atoms with E-state index in [9.17, 15) is 4.79 Å². The van der Waals surface area contributed by atoms with Gasteiger partial charge in [0.1, 0.15) is 0 Å². The molecule has 0 radical (unpaired) electrons. The van der Waals surface area contributed by atoms with Gasteiger partial charge in [-0.05, 0) is 48.6 Å². The Morgan fingerprint density at radius 3 is 2.67 bits per heavy atom. The van der Waals surface area contributed by atoms with Crippen molar-refractivity contribution in [2.24, 2.45) is 0 Å². The molecule has 0 unspecified atom stereocenters. The SMILES string of the molecule is COc1cc(N(C)C(C)=O)cc(C)c1OCCCN1CCN(c2cccc3sccc23)CC1. The van der Waals surface area contributed by atoms with E-state index in [0.29, 0.717) is 12.4 Å². The fourth-order valence-electron chi connectivity index (χ4n) is 4.36. The van der Waals surface area contributed by atoms with E-state index in [-0.39, 0.29) is 5.91 Å². The molecular formula is C26H33N3O3S. The van der Waals surface area contributed by atoms with E-state index in [1.807, 2.05) is 30.4 Å². The molecular weight excluding hydrogens is 434 g/mol. The number of hydrogen-bond acceptors (Lipinski definition) is 6. The second kappa shape index (κ2) is 10.4. The summed E-state index contributed by atoms with van der Waals surface area (Å²) < 4.78 is 13.0. The van der Waals surface area contributed by atoms with Gasteiger partial charge in [-0.25, -0.2) is 0 Å². The summed E-state index contributed by atoms with van der Waals surface area (Å²) in [6, 6.07) is 12.7. The van der Waals surface area contributed by atoms with Crippen molar-refractivity contribution in [3.63, 3.8) is 0 Å². The van der Waals surface area contributed by atoms with Crippen molar-refractivity contribution < 1.29 is 14.3 Å². The van der Waals surface area contributed by atoms with Gasteiger partial charge < -0.3 is 19.3 Å². The molecule has 1 saturated heterocycles. The zero-order chi connectivity index (χ0) is 23.4. The topological polar surface area (TPSA) is 45.2 Å². The molecule has 3 aromatic rings. The van der Waals surface area contributed by atoms with E-state index >= 15 is 0 Å². The van der Waals surface area contributed by atoms with Crippen LogP contribution in [0.1, 0.15) is 18.9 Å². The Kier molecular flexibility index (Phi) is 7.40. The molecule has 4 rings (SSSR count). The molecule has 6 nitrogen and oxygen atoms in total. The van der Waals surface area contributed by atoms with Gasteiger partial charge in [0.25, 0.3) is 0 Å². The number of carbonyl (C=O) groups excluding carboxylic acids is 1. The zero-order valence-electron chi connectivity index (χ0n) is 20.0. The lowest BCUT2D eigenvalue weighted by molar-refractivity contribution is -0.116. The maximum absolute atomic E-state index is 11.7. The molecule has 1 amide bonds. The molecule has 2 aromatic carbocycles. The lowest BCUT2D eigenvalue weighted by Gasteiger charge is -2.36. The van der Waals surface area contributed by atoms with Gasteiger partial charge in [0.2, 0.25) is 5.91 Å². The summed E-state index contributed by atoms with van der Waals surface area (Å²) in [6.07, 6.45) is 0.956. The van der Waals surface area contributed by atoms with E-state index in [2.05, 4.69) is 39.4 Å². The summed E-state index contributed by atoms with van der Waals surface area (Å²) in [5, 5.41) is 3.55. The highest BCUT2D eigenvalue weighted by Gasteiger charge is 2.19. The van der Waals surface area contributed by atoms with E-state index in [0.717, 1.165) is 56.1 Å². The Morgan fingerprint density at radius 1 is 1.15 bits per heavy atom. The first-order valence-electron chi connectivity index (χ1n) is 11.5. The summed E-state index contributed by atoms with van der Waals surface area (Å²) in [5.74, 6) is 1.40. The number of benzene rings is 2. The van der Waals surface area contributed by atoms with Crippen molar-refractivity contribution in [2.75, 3.05) is 63.3 Å². The number of fused-ring (bicyclic) bond motifs is 1. The average Bonchev–Trinajstić information content (AvgIpc) is 3.31. The van der Waals surface area contributed by atoms with Crippen LogP contribution in [0.2, 0.25) is 0 Å². The number of nitrogens with zero attached hydrogens (tertiary/aromatic N) is 3. The molecule has 1 aromatic heterocycles. The highest BCUT2D eigenvalue weighted by atomic mass is 32.1. The third kappa shape index (κ3) is 5.25. The number of methoxy groups -OCH3 is 1. The first-order valence-corrected chi connectivity index (χ1v) is 12.3. The number of aryl methyl sites for hydroxylation is 1. The van der Waals surface area contributed by atoms with Crippen LogP contribution in [0, 0.1) is 6.92 Å². The predicted molar refractivity (Wildman–Crippen MR) is 137 cm³/mol. The second-order valence-corrected chi connectivity index (χ2v) is 9.46. The smallest absolute Gasteiger partial charge is 0.223 e. The van der Waals surface area contributed by atoms with Crippen LogP contribution in [-0.2, 0) is 4.79 Å². The Balaban J connectivity index is 1.27. The minimum atomic E-state index is -0.0165. The predicted octanol–water partition coefficient (Wildman–Crippen LogP) is 4.79. The van der Waals surface area contributed by atoms with Crippen molar-refractivity contribution in [2.45, 2.75) is 20.3 Å². The highest BCUT2D eigenvalue weighted by molar-refractivity contribution is 7.17. The highest BCUT2D eigenvalue weighted by Crippen LogP contribution is 2.36. The number of piperazine rings is 1. The lowest BCUT2D eigenvalue weighted by atomic mass is 10.1. The van der Waals surface area contributed by atoms with Crippen LogP contribution >= 0.6 is 11.3 Å². The van der Waals surface area contributed by atoms with Gasteiger partial charge in [-0.15, -0.1) is 11.3 Å². The van der Waals surface area contributed by atoms with Gasteiger partial charge in [0.15, 0.2) is 11.5 Å². The number of hydrogen-bond donors (Lipinski definition) is 0. The molecule has 176 valence electrons. The molecule has 0 N–H and O–H groups in total. The van der Waals surface area contributed by atoms with Gasteiger partial charge in [0, 0.05) is 74.2 Å². The molecule has 7 heteroatoms. The van der Waals surface area contributed by atoms with Crippen LogP contribution in [0.25, 0.3) is 10.1 Å². The van der Waals surface area contributed by atoms with Crippen LogP contribution in [0.3, 0.4) is 0 Å². The molecule has 0 saturated carbocycles. The molecule has 0 atom stereocenters. The average molecular weight is 468 g/mol. The normalized spacial score (nSPS) is 14.5. The first kappa shape index (κ1) is 23.4. The zero-order valence-corrected chi connectivity index (χ0v) is 20.8. The molecule has 0 aliphatic carbocycles. The van der Waals surface area contributed by atoms with E-state index in [1.165, 1.54) is 15.8 Å². The van der Waals surface area contributed by atoms with Crippen LogP contribution in [0.5, 0.6) is 11.5 Å². The van der Waals surface area contributed by atoms with Gasteiger partial charge in [-0.2, -0.15) is 0 Å². The summed E-state index contributed by atoms with van der Waals surface area (Å²) in [4.78, 5) is 18.3. The van der Waals surface area contributed by atoms with Crippen molar-refractivity contribution in [1.29, 1.82) is 0 Å². The number of amides is 1. The quantitative estimate of drug-likeness (QED) is 0.446. The van der Waals surface area contributed by atoms with E-state index in [1.54, 1.807) is 26.0 Å². The molecule has 1 aliphatic rings. The largest absolute Gasteiger partial charge is 0.493 e. The van der Waals surface area contributed by atoms with Gasteiger partial charge in [-0.1, -0.05) is 6.07 Å². The van der Waals surface area contributed by atoms with Crippen molar-refractivity contribution in [3.05, 3.63) is 47.3 Å². The van der Waals surface area contributed by atoms with Crippen molar-refractivity contribution >= 4 is 38.7 Å². The minimum Gasteiger partial charge on any atom is -0.493 e. The summed E-state index contributed by atoms with van der Waals surface area (Å²) in [7, 11) is 3.40. The van der Waals surface area contributed by atoms with Gasteiger partial charge in [0.05, 0.1) is 13.7 Å². The fourth-order valence-corrected chi connectivity index (χ4v) is 5.17. The Labute approximate surface area is 200 Å². The minimum absolute atomic E-state index is 0.0165. The summed E-state index contributed by atoms with van der Waals surface area (Å²) >= 11 is 1.81.